The van der Waals surface area contributed by atoms with Crippen LogP contribution in [0.25, 0.3) is 11.1 Å². The van der Waals surface area contributed by atoms with Crippen LogP contribution in [0.2, 0.25) is 0 Å². The van der Waals surface area contributed by atoms with Crippen molar-refractivity contribution >= 4 is 18.0 Å². The molecule has 2 aliphatic carbocycles. The van der Waals surface area contributed by atoms with Gasteiger partial charge in [0.1, 0.15) is 6.61 Å². The summed E-state index contributed by atoms with van der Waals surface area (Å²) in [6.07, 6.45) is 0.945. The van der Waals surface area contributed by atoms with Gasteiger partial charge in [0.2, 0.25) is 0 Å². The van der Waals surface area contributed by atoms with Crippen molar-refractivity contribution < 1.29 is 28.8 Å². The highest BCUT2D eigenvalue weighted by Crippen LogP contribution is 2.44. The van der Waals surface area contributed by atoms with Gasteiger partial charge in [0.05, 0.1) is 12.5 Å². The number of carbonyl (C=O) groups excluding carboxylic acids is 2. The smallest absolute Gasteiger partial charge is 0.407 e. The van der Waals surface area contributed by atoms with Crippen LogP contribution in [0.5, 0.6) is 0 Å². The van der Waals surface area contributed by atoms with Crippen LogP contribution < -0.4 is 10.6 Å². The standard InChI is InChI=1S/C26H25N3O6/c30-24(28-16-10-9-15(11-16)25(31)32)23-12-17(35-29-23)13-27-26(33)34-14-22-20-7-3-1-5-18(20)19-6-2-4-8-21(19)22/h1-8,12,15-16,22H,9-11,13-14H2,(H,27,33)(H,28,30)(H,31,32)/t15-,16+/m1/s1. The predicted octanol–water partition coefficient (Wildman–Crippen LogP) is 3.70. The minimum atomic E-state index is -0.843. The summed E-state index contributed by atoms with van der Waals surface area (Å²) in [6, 6.07) is 17.4. The number of fused-ring (bicyclic) bond motifs is 3. The number of hydrogen-bond donors (Lipinski definition) is 3. The molecule has 180 valence electrons. The molecule has 0 unspecified atom stereocenters. The summed E-state index contributed by atoms with van der Waals surface area (Å²) >= 11 is 0. The van der Waals surface area contributed by atoms with Gasteiger partial charge in [-0.25, -0.2) is 4.79 Å². The van der Waals surface area contributed by atoms with E-state index >= 15 is 0 Å². The van der Waals surface area contributed by atoms with Gasteiger partial charge >= 0.3 is 12.1 Å². The van der Waals surface area contributed by atoms with Gasteiger partial charge < -0.3 is 25.0 Å². The number of rotatable bonds is 7. The second kappa shape index (κ2) is 9.61. The van der Waals surface area contributed by atoms with Gasteiger partial charge in [-0.3, -0.25) is 9.59 Å². The van der Waals surface area contributed by atoms with E-state index in [0.29, 0.717) is 25.0 Å². The molecule has 1 aromatic heterocycles. The third-order valence-corrected chi connectivity index (χ3v) is 6.66. The summed E-state index contributed by atoms with van der Waals surface area (Å²) in [5.74, 6) is -1.44. The summed E-state index contributed by atoms with van der Waals surface area (Å²) in [4.78, 5) is 35.8. The molecule has 2 aliphatic rings. The van der Waals surface area contributed by atoms with Crippen LogP contribution in [0.3, 0.4) is 0 Å². The van der Waals surface area contributed by atoms with Crippen molar-refractivity contribution in [1.29, 1.82) is 0 Å². The molecule has 0 saturated heterocycles. The van der Waals surface area contributed by atoms with Crippen LogP contribution in [0.15, 0.2) is 59.1 Å². The molecule has 35 heavy (non-hydrogen) atoms. The van der Waals surface area contributed by atoms with Gasteiger partial charge in [0.25, 0.3) is 5.91 Å². The Morgan fingerprint density at radius 2 is 1.71 bits per heavy atom. The fourth-order valence-electron chi connectivity index (χ4n) is 4.91. The highest BCUT2D eigenvalue weighted by molar-refractivity contribution is 5.92. The zero-order valence-electron chi connectivity index (χ0n) is 18.9. The van der Waals surface area contributed by atoms with E-state index in [1.54, 1.807) is 0 Å². The van der Waals surface area contributed by atoms with Gasteiger partial charge in [-0.2, -0.15) is 0 Å². The first-order valence-corrected chi connectivity index (χ1v) is 11.6. The number of benzene rings is 2. The first-order chi connectivity index (χ1) is 17.0. The zero-order valence-corrected chi connectivity index (χ0v) is 18.9. The second-order valence-electron chi connectivity index (χ2n) is 8.88. The van der Waals surface area contributed by atoms with E-state index in [1.807, 2.05) is 24.3 Å². The van der Waals surface area contributed by atoms with Gasteiger partial charge in [0, 0.05) is 18.0 Å². The number of hydrogen-bond acceptors (Lipinski definition) is 6. The molecule has 9 nitrogen and oxygen atoms in total. The largest absolute Gasteiger partial charge is 0.481 e. The molecule has 9 heteroatoms. The minimum absolute atomic E-state index is 0.0153. The molecule has 3 aromatic rings. The number of carboxylic acid groups (broad SMARTS) is 1. The quantitative estimate of drug-likeness (QED) is 0.475. The molecule has 2 atom stereocenters. The lowest BCUT2D eigenvalue weighted by atomic mass is 9.98. The summed E-state index contributed by atoms with van der Waals surface area (Å²) in [7, 11) is 0. The number of aromatic nitrogens is 1. The second-order valence-corrected chi connectivity index (χ2v) is 8.88. The van der Waals surface area contributed by atoms with Crippen LogP contribution in [0.1, 0.15) is 52.6 Å². The van der Waals surface area contributed by atoms with Crippen LogP contribution >= 0.6 is 0 Å². The molecule has 3 N–H and O–H groups in total. The van der Waals surface area contributed by atoms with E-state index < -0.39 is 23.9 Å². The molecule has 0 aliphatic heterocycles. The number of alkyl carbamates (subject to hydrolysis) is 1. The Labute approximate surface area is 201 Å². The molecule has 1 heterocycles. The summed E-state index contributed by atoms with van der Waals surface area (Å²) in [6.45, 7) is 0.212. The molecule has 1 saturated carbocycles. The number of nitrogens with zero attached hydrogens (tertiary/aromatic N) is 1. The molecule has 0 bridgehead atoms. The third kappa shape index (κ3) is 4.75. The van der Waals surface area contributed by atoms with Gasteiger partial charge in [-0.15, -0.1) is 0 Å². The molecule has 5 rings (SSSR count). The summed E-state index contributed by atoms with van der Waals surface area (Å²) in [5.41, 5.74) is 4.64. The maximum atomic E-state index is 12.4. The van der Waals surface area contributed by atoms with Crippen molar-refractivity contribution in [2.45, 2.75) is 37.8 Å². The number of ether oxygens (including phenoxy) is 1. The Bertz CT molecular complexity index is 1220. The fraction of sp³-hybridized carbons (Fsp3) is 0.308. The molecule has 1 fully saturated rings. The van der Waals surface area contributed by atoms with Crippen molar-refractivity contribution in [3.8, 4) is 11.1 Å². The van der Waals surface area contributed by atoms with E-state index in [0.717, 1.165) is 22.3 Å². The van der Waals surface area contributed by atoms with E-state index in [2.05, 4.69) is 40.1 Å². The average molecular weight is 476 g/mol. The Hall–Kier alpha value is -4.14. The predicted molar refractivity (Wildman–Crippen MR) is 125 cm³/mol. The normalized spacial score (nSPS) is 18.5. The van der Waals surface area contributed by atoms with Crippen molar-refractivity contribution in [2.24, 2.45) is 5.92 Å². The molecule has 2 amide bonds. The zero-order chi connectivity index (χ0) is 24.4. The topological polar surface area (TPSA) is 131 Å². The Morgan fingerprint density at radius 3 is 2.37 bits per heavy atom. The van der Waals surface area contributed by atoms with Gasteiger partial charge in [0.15, 0.2) is 11.5 Å². The van der Waals surface area contributed by atoms with Crippen LogP contribution in [0.4, 0.5) is 4.79 Å². The highest BCUT2D eigenvalue weighted by Gasteiger charge is 2.31. The van der Waals surface area contributed by atoms with E-state index in [-0.39, 0.29) is 30.8 Å². The maximum absolute atomic E-state index is 12.4. The first kappa shape index (κ1) is 22.6. The molecule has 2 aromatic carbocycles. The lowest BCUT2D eigenvalue weighted by molar-refractivity contribution is -0.141. The fourth-order valence-corrected chi connectivity index (χ4v) is 4.91. The monoisotopic (exact) mass is 475 g/mol. The Kier molecular flexibility index (Phi) is 6.22. The van der Waals surface area contributed by atoms with E-state index in [1.165, 1.54) is 6.07 Å². The molecule has 0 radical (unpaired) electrons. The maximum Gasteiger partial charge on any atom is 0.407 e. The number of amides is 2. The Morgan fingerprint density at radius 1 is 1.03 bits per heavy atom. The first-order valence-electron chi connectivity index (χ1n) is 11.6. The van der Waals surface area contributed by atoms with Crippen molar-refractivity contribution in [3.63, 3.8) is 0 Å². The SMILES string of the molecule is O=C(NCc1cc(C(=O)N[C@H]2CC[C@@H](C(=O)O)C2)no1)OCC1c2ccccc2-c2ccccc21. The van der Waals surface area contributed by atoms with Crippen LogP contribution in [-0.2, 0) is 16.1 Å². The summed E-state index contributed by atoms with van der Waals surface area (Å²) < 4.78 is 10.7. The number of carboxylic acids is 1. The molecular formula is C26H25N3O6. The number of aliphatic carboxylic acids is 1. The third-order valence-electron chi connectivity index (χ3n) is 6.66. The number of carbonyl (C=O) groups is 3. The minimum Gasteiger partial charge on any atom is -0.481 e. The number of nitrogens with one attached hydrogen (secondary N) is 2. The molecule has 0 spiro atoms. The van der Waals surface area contributed by atoms with Crippen molar-refractivity contribution in [2.75, 3.05) is 6.61 Å². The average Bonchev–Trinajstić information content (AvgIpc) is 3.59. The lowest BCUT2D eigenvalue weighted by Gasteiger charge is -2.14. The highest BCUT2D eigenvalue weighted by atomic mass is 16.5. The van der Waals surface area contributed by atoms with Gasteiger partial charge in [-0.05, 0) is 41.5 Å². The van der Waals surface area contributed by atoms with Crippen molar-refractivity contribution in [3.05, 3.63) is 77.2 Å². The molecular weight excluding hydrogens is 450 g/mol. The van der Waals surface area contributed by atoms with Crippen LogP contribution in [0, 0.1) is 5.92 Å². The lowest BCUT2D eigenvalue weighted by Crippen LogP contribution is -2.33. The Balaban J connectivity index is 1.12. The van der Waals surface area contributed by atoms with Crippen molar-refractivity contribution in [1.82, 2.24) is 15.8 Å². The van der Waals surface area contributed by atoms with Crippen LogP contribution in [-0.4, -0.2) is 40.9 Å². The summed E-state index contributed by atoms with van der Waals surface area (Å²) in [5, 5.41) is 18.3. The van der Waals surface area contributed by atoms with Gasteiger partial charge in [-0.1, -0.05) is 53.7 Å². The van der Waals surface area contributed by atoms with E-state index in [4.69, 9.17) is 14.4 Å². The van der Waals surface area contributed by atoms with E-state index in [9.17, 15) is 14.4 Å².